The molecule has 3 rings (SSSR count). The van der Waals surface area contributed by atoms with E-state index in [-0.39, 0.29) is 5.41 Å². The Morgan fingerprint density at radius 3 is 2.32 bits per heavy atom. The summed E-state index contributed by atoms with van der Waals surface area (Å²) < 4.78 is 11.8. The van der Waals surface area contributed by atoms with E-state index < -0.39 is 0 Å². The van der Waals surface area contributed by atoms with E-state index in [1.165, 1.54) is 11.1 Å². The van der Waals surface area contributed by atoms with Crippen LogP contribution in [-0.4, -0.2) is 12.1 Å². The molecule has 3 heteroatoms. The highest BCUT2D eigenvalue weighted by atomic mass is 16.5. The number of hydrogen-bond acceptors (Lipinski definition) is 3. The van der Waals surface area contributed by atoms with Crippen LogP contribution in [-0.2, 0) is 18.4 Å². The predicted octanol–water partition coefficient (Wildman–Crippen LogP) is 6.20. The first-order valence-electron chi connectivity index (χ1n) is 9.77. The van der Waals surface area contributed by atoms with Crippen molar-refractivity contribution in [1.82, 2.24) is 4.98 Å². The zero-order valence-electron chi connectivity index (χ0n) is 17.5. The molecular formula is C25H29NO2. The quantitative estimate of drug-likeness (QED) is 0.514. The Kier molecular flexibility index (Phi) is 6.03. The Bertz CT molecular complexity index is 927. The summed E-state index contributed by atoms with van der Waals surface area (Å²) in [6, 6.07) is 18.6. The van der Waals surface area contributed by atoms with E-state index in [4.69, 9.17) is 9.47 Å². The second-order valence-corrected chi connectivity index (χ2v) is 7.94. The highest BCUT2D eigenvalue weighted by Gasteiger charge is 2.22. The molecule has 0 aliphatic heterocycles. The molecule has 146 valence electrons. The first-order valence-corrected chi connectivity index (χ1v) is 9.77. The lowest BCUT2D eigenvalue weighted by molar-refractivity contribution is 0.295. The molecule has 0 fully saturated rings. The molecule has 1 aromatic heterocycles. The molecule has 0 N–H and O–H groups in total. The number of methoxy groups -OCH3 is 1. The van der Waals surface area contributed by atoms with E-state index in [1.54, 1.807) is 13.3 Å². The molecule has 1 heterocycles. The maximum absolute atomic E-state index is 6.12. The average molecular weight is 376 g/mol. The van der Waals surface area contributed by atoms with Crippen molar-refractivity contribution in [2.24, 2.45) is 0 Å². The summed E-state index contributed by atoms with van der Waals surface area (Å²) in [5.41, 5.74) is 5.68. The topological polar surface area (TPSA) is 31.4 Å². The molecule has 0 amide bonds. The van der Waals surface area contributed by atoms with Gasteiger partial charge in [0, 0.05) is 17.3 Å². The summed E-state index contributed by atoms with van der Waals surface area (Å²) >= 11 is 0. The first-order chi connectivity index (χ1) is 13.4. The second-order valence-electron chi connectivity index (χ2n) is 7.94. The van der Waals surface area contributed by atoms with Crippen LogP contribution in [0.1, 0.15) is 44.4 Å². The Labute approximate surface area is 168 Å². The van der Waals surface area contributed by atoms with Gasteiger partial charge < -0.3 is 9.47 Å². The van der Waals surface area contributed by atoms with Gasteiger partial charge in [-0.25, -0.2) is 4.98 Å². The lowest BCUT2D eigenvalue weighted by Gasteiger charge is -2.25. The maximum atomic E-state index is 6.12. The van der Waals surface area contributed by atoms with Crippen LogP contribution in [0.25, 0.3) is 11.1 Å². The average Bonchev–Trinajstić information content (AvgIpc) is 2.71. The lowest BCUT2D eigenvalue weighted by Crippen LogP contribution is -2.14. The molecule has 0 radical (unpaired) electrons. The fourth-order valence-electron chi connectivity index (χ4n) is 3.36. The summed E-state index contributed by atoms with van der Waals surface area (Å²) in [5.74, 6) is 1.59. The third kappa shape index (κ3) is 4.36. The van der Waals surface area contributed by atoms with Gasteiger partial charge in [-0.1, -0.05) is 58.0 Å². The van der Waals surface area contributed by atoms with Crippen molar-refractivity contribution in [3.05, 3.63) is 77.5 Å². The minimum atomic E-state index is -0.0281. The number of hydrogen-bond donors (Lipinski definition) is 0. The molecule has 0 bridgehead atoms. The van der Waals surface area contributed by atoms with Gasteiger partial charge in [-0.3, -0.25) is 0 Å². The third-order valence-electron chi connectivity index (χ3n) is 4.89. The first kappa shape index (κ1) is 19.9. The Morgan fingerprint density at radius 2 is 1.68 bits per heavy atom. The molecule has 0 aliphatic carbocycles. The standard InChI is InChI=1S/C25H29NO2/c1-6-19-15-23(27-5)22(25(2,3)4)16-21(19)20-13-10-14-26-24(20)28-17-18-11-8-7-9-12-18/h7-16H,6,17H2,1-5H3. The number of nitrogens with zero attached hydrogens (tertiary/aromatic N) is 1. The summed E-state index contributed by atoms with van der Waals surface area (Å²) in [6.45, 7) is 9.27. The van der Waals surface area contributed by atoms with Crippen molar-refractivity contribution >= 4 is 0 Å². The van der Waals surface area contributed by atoms with Crippen molar-refractivity contribution in [2.45, 2.75) is 46.1 Å². The van der Waals surface area contributed by atoms with Crippen LogP contribution in [0.4, 0.5) is 0 Å². The van der Waals surface area contributed by atoms with Crippen LogP contribution < -0.4 is 9.47 Å². The van der Waals surface area contributed by atoms with Gasteiger partial charge in [-0.05, 0) is 52.8 Å². The van der Waals surface area contributed by atoms with Crippen molar-refractivity contribution in [3.63, 3.8) is 0 Å². The summed E-state index contributed by atoms with van der Waals surface area (Å²) in [6.07, 6.45) is 2.69. The molecule has 0 aliphatic rings. The number of ether oxygens (including phenoxy) is 2. The van der Waals surface area contributed by atoms with Crippen LogP contribution in [0.3, 0.4) is 0 Å². The van der Waals surface area contributed by atoms with E-state index in [0.29, 0.717) is 12.5 Å². The van der Waals surface area contributed by atoms with Crippen LogP contribution in [0, 0.1) is 0 Å². The Balaban J connectivity index is 2.05. The van der Waals surface area contributed by atoms with Crippen molar-refractivity contribution < 1.29 is 9.47 Å². The highest BCUT2D eigenvalue weighted by molar-refractivity contribution is 5.74. The fraction of sp³-hybridized carbons (Fsp3) is 0.320. The van der Waals surface area contributed by atoms with Gasteiger partial charge in [0.2, 0.25) is 5.88 Å². The van der Waals surface area contributed by atoms with Gasteiger partial charge in [0.1, 0.15) is 12.4 Å². The van der Waals surface area contributed by atoms with Gasteiger partial charge >= 0.3 is 0 Å². The fourth-order valence-corrected chi connectivity index (χ4v) is 3.36. The number of benzene rings is 2. The highest BCUT2D eigenvalue weighted by Crippen LogP contribution is 2.39. The van der Waals surface area contributed by atoms with Gasteiger partial charge in [0.15, 0.2) is 0 Å². The maximum Gasteiger partial charge on any atom is 0.221 e. The zero-order chi connectivity index (χ0) is 20.1. The molecule has 0 saturated carbocycles. The molecule has 28 heavy (non-hydrogen) atoms. The monoisotopic (exact) mass is 375 g/mol. The summed E-state index contributed by atoms with van der Waals surface area (Å²) in [4.78, 5) is 4.53. The summed E-state index contributed by atoms with van der Waals surface area (Å²) in [7, 11) is 1.74. The third-order valence-corrected chi connectivity index (χ3v) is 4.89. The smallest absolute Gasteiger partial charge is 0.221 e. The molecule has 0 unspecified atom stereocenters. The zero-order valence-corrected chi connectivity index (χ0v) is 17.5. The number of pyridine rings is 1. The van der Waals surface area contributed by atoms with Gasteiger partial charge in [0.05, 0.1) is 7.11 Å². The van der Waals surface area contributed by atoms with Crippen LogP contribution in [0.15, 0.2) is 60.8 Å². The normalized spacial score (nSPS) is 11.3. The van der Waals surface area contributed by atoms with E-state index in [0.717, 1.165) is 28.9 Å². The molecular weight excluding hydrogens is 346 g/mol. The van der Waals surface area contributed by atoms with Gasteiger partial charge in [-0.15, -0.1) is 0 Å². The molecule has 0 saturated heterocycles. The molecule has 0 atom stereocenters. The van der Waals surface area contributed by atoms with Crippen molar-refractivity contribution in [2.75, 3.05) is 7.11 Å². The SMILES string of the molecule is CCc1cc(OC)c(C(C)(C)C)cc1-c1cccnc1OCc1ccccc1. The van der Waals surface area contributed by atoms with E-state index in [2.05, 4.69) is 63.0 Å². The van der Waals surface area contributed by atoms with E-state index in [9.17, 15) is 0 Å². The van der Waals surface area contributed by atoms with E-state index in [1.807, 2.05) is 24.3 Å². The largest absolute Gasteiger partial charge is 0.496 e. The Morgan fingerprint density at radius 1 is 0.929 bits per heavy atom. The predicted molar refractivity (Wildman–Crippen MR) is 115 cm³/mol. The van der Waals surface area contributed by atoms with Gasteiger partial charge in [-0.2, -0.15) is 0 Å². The number of aromatic nitrogens is 1. The minimum Gasteiger partial charge on any atom is -0.496 e. The number of aryl methyl sites for hydroxylation is 1. The van der Waals surface area contributed by atoms with Crippen LogP contribution in [0.2, 0.25) is 0 Å². The van der Waals surface area contributed by atoms with Crippen LogP contribution in [0.5, 0.6) is 11.6 Å². The number of rotatable bonds is 6. The molecule has 3 nitrogen and oxygen atoms in total. The molecule has 2 aromatic carbocycles. The molecule has 0 spiro atoms. The summed E-state index contributed by atoms with van der Waals surface area (Å²) in [5, 5.41) is 0. The van der Waals surface area contributed by atoms with Crippen LogP contribution >= 0.6 is 0 Å². The minimum absolute atomic E-state index is 0.0281. The second kappa shape index (κ2) is 8.47. The van der Waals surface area contributed by atoms with Gasteiger partial charge in [0.25, 0.3) is 0 Å². The Hall–Kier alpha value is -2.81. The van der Waals surface area contributed by atoms with Crippen molar-refractivity contribution in [1.29, 1.82) is 0 Å². The van der Waals surface area contributed by atoms with E-state index >= 15 is 0 Å². The molecule has 3 aromatic rings. The lowest BCUT2D eigenvalue weighted by atomic mass is 9.83. The van der Waals surface area contributed by atoms with Crippen molar-refractivity contribution in [3.8, 4) is 22.8 Å².